The zero-order valence-electron chi connectivity index (χ0n) is 14.9. The van der Waals surface area contributed by atoms with Crippen molar-refractivity contribution in [1.29, 1.82) is 0 Å². The van der Waals surface area contributed by atoms with Crippen molar-refractivity contribution in [2.75, 3.05) is 0 Å². The molecule has 162 valence electrons. The van der Waals surface area contributed by atoms with Gasteiger partial charge in [0.15, 0.2) is 0 Å². The van der Waals surface area contributed by atoms with Crippen LogP contribution in [0.5, 0.6) is 0 Å². The van der Waals surface area contributed by atoms with E-state index >= 15 is 0 Å². The molecule has 0 bridgehead atoms. The van der Waals surface area contributed by atoms with E-state index in [2.05, 4.69) is 9.97 Å². The molecule has 1 heterocycles. The van der Waals surface area contributed by atoms with Crippen LogP contribution in [0.4, 0.5) is 0 Å². The maximum Gasteiger partial charge on any atom is 3.00 e. The second kappa shape index (κ2) is 27.0. The zero-order valence-corrected chi connectivity index (χ0v) is 21.9. The summed E-state index contributed by atoms with van der Waals surface area (Å²) in [5.74, 6) is -9.28. The van der Waals surface area contributed by atoms with Gasteiger partial charge in [0.25, 0.3) is 0 Å². The summed E-state index contributed by atoms with van der Waals surface area (Å²) in [5, 5.41) is 56.5. The summed E-state index contributed by atoms with van der Waals surface area (Å²) in [6.07, 6.45) is 7.39. The van der Waals surface area contributed by atoms with Crippen LogP contribution in [0.1, 0.15) is 0 Å². The van der Waals surface area contributed by atoms with Gasteiger partial charge in [-0.1, -0.05) is 0 Å². The van der Waals surface area contributed by atoms with E-state index in [-0.39, 0.29) is 52.4 Å². The summed E-state index contributed by atoms with van der Waals surface area (Å²) in [7, 11) is 0. The number of rotatable bonds is 6. The quantitative estimate of drug-likeness (QED) is 0.207. The van der Waals surface area contributed by atoms with Gasteiger partial charge in [-0.2, -0.15) is 0 Å². The van der Waals surface area contributed by atoms with Crippen LogP contribution >= 0.6 is 0 Å². The molecule has 16 heteroatoms. The minimum absolute atomic E-state index is 0. The molecule has 0 aliphatic rings. The van der Waals surface area contributed by atoms with Crippen LogP contribution in [-0.2, 0) is 28.8 Å². The van der Waals surface area contributed by atoms with Crippen molar-refractivity contribution in [3.8, 4) is 0 Å². The second-order valence-electron chi connectivity index (χ2n) is 3.67. The summed E-state index contributed by atoms with van der Waals surface area (Å²) in [6, 6.07) is 0. The summed E-state index contributed by atoms with van der Waals surface area (Å²) in [6.45, 7) is 0. The Bertz CT molecular complexity index is 612. The average Bonchev–Trinajstić information content (AvgIpc) is 3.17. The number of carboxylic acids is 6. The number of aromatic amines is 1. The molecule has 0 atom stereocenters. The molecule has 0 saturated carbocycles. The molecule has 1 N–H and O–H groups in total. The molecule has 0 aliphatic carbocycles. The number of carboxylic acid groups (broad SMARTS) is 6. The maximum atomic E-state index is 9.41. The molecule has 0 saturated heterocycles. The predicted molar refractivity (Wildman–Crippen MR) is 87.6 cm³/mol. The largest absolute Gasteiger partial charge is 3.00 e. The Kier molecular flexibility index (Phi) is 33.6. The molecular formula is C15H10Bi2N2O12. The van der Waals surface area contributed by atoms with Crippen molar-refractivity contribution in [3.05, 3.63) is 55.2 Å². The van der Waals surface area contributed by atoms with E-state index in [4.69, 9.17) is 0 Å². The SMILES string of the molecule is O=C([O-])/C=C\C(=O)[O-].O=C([O-])/C=C\C(=O)[O-].O=C([O-])/C=C\C(=O)[O-].[Bi+3].[Bi+3].c1c[nH]cn1. The first-order chi connectivity index (χ1) is 13.4. The van der Waals surface area contributed by atoms with Crippen LogP contribution in [0.25, 0.3) is 0 Å². The van der Waals surface area contributed by atoms with E-state index in [0.717, 1.165) is 0 Å². The van der Waals surface area contributed by atoms with Crippen molar-refractivity contribution < 1.29 is 59.4 Å². The Labute approximate surface area is 211 Å². The average molecular weight is 828 g/mol. The summed E-state index contributed by atoms with van der Waals surface area (Å²) in [4.78, 5) is 62.9. The fraction of sp³-hybridized carbons (Fsp3) is 0. The number of hydrogen-bond acceptors (Lipinski definition) is 13. The molecule has 1 aromatic heterocycles. The number of aromatic nitrogens is 2. The van der Waals surface area contributed by atoms with E-state index in [1.165, 1.54) is 0 Å². The third-order valence-corrected chi connectivity index (χ3v) is 1.47. The first-order valence-electron chi connectivity index (χ1n) is 6.61. The van der Waals surface area contributed by atoms with Gasteiger partial charge in [-0.25, -0.2) is 4.98 Å². The molecule has 0 unspecified atom stereocenters. The third kappa shape index (κ3) is 58.4. The van der Waals surface area contributed by atoms with Crippen LogP contribution in [0.3, 0.4) is 0 Å². The number of aliphatic carboxylic acids is 6. The molecule has 31 heavy (non-hydrogen) atoms. The van der Waals surface area contributed by atoms with Crippen LogP contribution in [0.15, 0.2) is 55.2 Å². The third-order valence-electron chi connectivity index (χ3n) is 1.47. The smallest absolute Gasteiger partial charge is 0.545 e. The Hall–Kier alpha value is -2.98. The molecule has 14 nitrogen and oxygen atoms in total. The molecule has 1 aromatic rings. The second-order valence-corrected chi connectivity index (χ2v) is 3.67. The number of carbonyl (C=O) groups is 6. The van der Waals surface area contributed by atoms with Gasteiger partial charge in [0.2, 0.25) is 0 Å². The molecule has 0 amide bonds. The molecular weight excluding hydrogens is 818 g/mol. The van der Waals surface area contributed by atoms with Crippen LogP contribution in [0, 0.1) is 0 Å². The van der Waals surface area contributed by atoms with Gasteiger partial charge in [-0.05, 0) is 36.5 Å². The van der Waals surface area contributed by atoms with Gasteiger partial charge in [-0.3, -0.25) is 0 Å². The Morgan fingerprint density at radius 1 is 0.548 bits per heavy atom. The summed E-state index contributed by atoms with van der Waals surface area (Å²) < 4.78 is 0. The van der Waals surface area contributed by atoms with Crippen LogP contribution in [-0.4, -0.2) is 98.2 Å². The van der Waals surface area contributed by atoms with E-state index in [1.807, 2.05) is 0 Å². The molecule has 4 radical (unpaired) electrons. The molecule has 0 aromatic carbocycles. The van der Waals surface area contributed by atoms with Gasteiger partial charge in [0.1, 0.15) is 0 Å². The van der Waals surface area contributed by atoms with Crippen molar-refractivity contribution in [3.63, 3.8) is 0 Å². The van der Waals surface area contributed by atoms with E-state index in [1.54, 1.807) is 18.7 Å². The van der Waals surface area contributed by atoms with Crippen molar-refractivity contribution in [2.24, 2.45) is 0 Å². The van der Waals surface area contributed by atoms with Gasteiger partial charge in [0.05, 0.1) is 42.1 Å². The van der Waals surface area contributed by atoms with E-state index < -0.39 is 35.8 Å². The Morgan fingerprint density at radius 2 is 0.774 bits per heavy atom. The molecule has 0 fully saturated rings. The van der Waals surface area contributed by atoms with Crippen molar-refractivity contribution in [2.45, 2.75) is 0 Å². The van der Waals surface area contributed by atoms with Crippen molar-refractivity contribution >= 4 is 88.2 Å². The maximum absolute atomic E-state index is 9.41. The van der Waals surface area contributed by atoms with E-state index in [0.29, 0.717) is 36.5 Å². The number of imidazole rings is 1. The molecule has 1 rings (SSSR count). The number of nitrogens with zero attached hydrogens (tertiary/aromatic N) is 1. The summed E-state index contributed by atoms with van der Waals surface area (Å²) >= 11 is 0. The fourth-order valence-electron chi connectivity index (χ4n) is 0.623. The standard InChI is InChI=1S/3C4H4O4.C3H4N2.2Bi/c3*5-3(6)1-2-4(7)8;1-2-5-3-4-1;;/h3*1-2H,(H,5,6)(H,7,8);1-3H,(H,4,5);;/q;;;;2*+3/p-6/b3*2-1-;;;. The van der Waals surface area contributed by atoms with E-state index in [9.17, 15) is 59.4 Å². The van der Waals surface area contributed by atoms with Gasteiger partial charge in [0, 0.05) is 12.4 Å². The van der Waals surface area contributed by atoms with Gasteiger partial charge >= 0.3 is 52.4 Å². The molecule has 0 spiro atoms. The first-order valence-corrected chi connectivity index (χ1v) is 6.61. The van der Waals surface area contributed by atoms with Crippen molar-refractivity contribution in [1.82, 2.24) is 9.97 Å². The number of H-pyrrole nitrogens is 1. The minimum Gasteiger partial charge on any atom is -0.545 e. The minimum atomic E-state index is -1.55. The zero-order chi connectivity index (χ0) is 23.2. The fourth-order valence-corrected chi connectivity index (χ4v) is 0.623. The topological polar surface area (TPSA) is 269 Å². The number of carbonyl (C=O) groups excluding carboxylic acids is 6. The molecule has 0 aliphatic heterocycles. The normalized spacial score (nSPS) is 8.65. The number of hydrogen-bond donors (Lipinski definition) is 1. The summed E-state index contributed by atoms with van der Waals surface area (Å²) in [5.41, 5.74) is 0. The first kappa shape index (κ1) is 38.6. The monoisotopic (exact) mass is 828 g/mol. The Morgan fingerprint density at radius 3 is 0.839 bits per heavy atom. The predicted octanol–water partition coefficient (Wildman–Crippen LogP) is -9.22. The van der Waals surface area contributed by atoms with Gasteiger partial charge < -0.3 is 64.4 Å². The Balaban J connectivity index is -0.0000000958. The van der Waals surface area contributed by atoms with Crippen LogP contribution in [0.2, 0.25) is 0 Å². The van der Waals surface area contributed by atoms with Crippen LogP contribution < -0.4 is 30.6 Å². The van der Waals surface area contributed by atoms with Gasteiger partial charge in [-0.15, -0.1) is 0 Å². The number of nitrogens with one attached hydrogen (secondary N) is 1.